The molecule has 1 unspecified atom stereocenters. The average molecular weight is 875 g/mol. The average Bonchev–Trinajstić information content (AvgIpc) is 3.32. The summed E-state index contributed by atoms with van der Waals surface area (Å²) in [6.45, 7) is 23.2. The lowest BCUT2D eigenvalue weighted by molar-refractivity contribution is 0.405. The van der Waals surface area contributed by atoms with Gasteiger partial charge >= 0.3 is 0 Å². The van der Waals surface area contributed by atoms with Crippen molar-refractivity contribution in [3.05, 3.63) is 177 Å². The molecule has 5 aromatic rings. The third-order valence-electron chi connectivity index (χ3n) is 15.7. The van der Waals surface area contributed by atoms with E-state index < -0.39 is 0 Å². The summed E-state index contributed by atoms with van der Waals surface area (Å²) in [6, 6.07) is 45.9. The Bertz CT molecular complexity index is 2660. The standard InChI is InChI=1S/C64H78N2/c1-43(2)45-21-31-53(32-22-45)65(55-35-27-51(28-36-55)63(5,6)7)61-57-39-25-50(48-19-15-12-16-20-48)42-60(57)62(58-40-26-49(41-59(58)61)47-17-13-11-14-18-47)66(54-33-23-46(24-34-54)44(3)4)56-37-29-52(30-38-56)64(8,9)10/h21-39,41-44,47-48,58H,11-20,40H2,1-10H3. The van der Waals surface area contributed by atoms with E-state index >= 15 is 0 Å². The van der Waals surface area contributed by atoms with Crippen LogP contribution >= 0.6 is 0 Å². The molecule has 0 saturated heterocycles. The van der Waals surface area contributed by atoms with Gasteiger partial charge in [0.05, 0.1) is 5.70 Å². The lowest BCUT2D eigenvalue weighted by Gasteiger charge is -2.42. The smallest absolute Gasteiger partial charge is 0.0579 e. The quantitative estimate of drug-likeness (QED) is 0.138. The van der Waals surface area contributed by atoms with Crippen LogP contribution in [0, 0.1) is 11.8 Å². The summed E-state index contributed by atoms with van der Waals surface area (Å²) >= 11 is 0. The molecule has 0 heterocycles. The van der Waals surface area contributed by atoms with Gasteiger partial charge < -0.3 is 9.80 Å². The topological polar surface area (TPSA) is 6.48 Å². The molecule has 0 radical (unpaired) electrons. The fraction of sp³-hybridized carbons (Fsp3) is 0.438. The molecule has 2 nitrogen and oxygen atoms in total. The van der Waals surface area contributed by atoms with Crippen LogP contribution in [-0.2, 0) is 10.8 Å². The number of hydrogen-bond donors (Lipinski definition) is 0. The van der Waals surface area contributed by atoms with Crippen LogP contribution in [-0.4, -0.2) is 0 Å². The monoisotopic (exact) mass is 875 g/mol. The van der Waals surface area contributed by atoms with E-state index in [1.54, 1.807) is 5.57 Å². The second-order valence-corrected chi connectivity index (χ2v) is 23.1. The first-order valence-corrected chi connectivity index (χ1v) is 26.0. The van der Waals surface area contributed by atoms with E-state index in [4.69, 9.17) is 0 Å². The highest BCUT2D eigenvalue weighted by Crippen LogP contribution is 2.49. The largest absolute Gasteiger partial charge is 0.313 e. The Balaban J connectivity index is 1.40. The lowest BCUT2D eigenvalue weighted by atomic mass is 9.73. The minimum absolute atomic E-state index is 0.0604. The van der Waals surface area contributed by atoms with Gasteiger partial charge in [0.25, 0.3) is 0 Å². The molecule has 4 aliphatic carbocycles. The molecule has 1 atom stereocenters. The second-order valence-electron chi connectivity index (χ2n) is 23.1. The van der Waals surface area contributed by atoms with Crippen molar-refractivity contribution in [1.29, 1.82) is 0 Å². The fourth-order valence-electron chi connectivity index (χ4n) is 11.5. The highest BCUT2D eigenvalue weighted by atomic mass is 15.2. The molecule has 2 fully saturated rings. The third kappa shape index (κ3) is 9.41. The summed E-state index contributed by atoms with van der Waals surface area (Å²) in [7, 11) is 0. The molecule has 4 aliphatic rings. The first-order chi connectivity index (χ1) is 31.7. The van der Waals surface area contributed by atoms with Crippen molar-refractivity contribution in [3.8, 4) is 0 Å². The minimum Gasteiger partial charge on any atom is -0.313 e. The first-order valence-electron chi connectivity index (χ1n) is 26.0. The molecule has 0 aliphatic heterocycles. The molecule has 0 amide bonds. The number of fused-ring (bicyclic) bond motifs is 2. The van der Waals surface area contributed by atoms with Crippen LogP contribution in [0.5, 0.6) is 0 Å². The molecule has 5 aromatic carbocycles. The summed E-state index contributed by atoms with van der Waals surface area (Å²) in [5.41, 5.74) is 17.8. The Morgan fingerprint density at radius 2 is 0.909 bits per heavy atom. The molecule has 2 heteroatoms. The second kappa shape index (κ2) is 18.9. The van der Waals surface area contributed by atoms with Crippen molar-refractivity contribution in [2.24, 2.45) is 11.8 Å². The van der Waals surface area contributed by atoms with E-state index in [1.807, 2.05) is 0 Å². The van der Waals surface area contributed by atoms with Crippen LogP contribution in [0.1, 0.15) is 185 Å². The maximum atomic E-state index is 2.69. The third-order valence-corrected chi connectivity index (χ3v) is 15.7. The highest BCUT2D eigenvalue weighted by Gasteiger charge is 2.38. The zero-order chi connectivity index (χ0) is 46.3. The van der Waals surface area contributed by atoms with Gasteiger partial charge in [0.15, 0.2) is 0 Å². The molecule has 2 saturated carbocycles. The van der Waals surface area contributed by atoms with Crippen LogP contribution in [0.2, 0.25) is 0 Å². The van der Waals surface area contributed by atoms with E-state index in [9.17, 15) is 0 Å². The molecular formula is C64H78N2. The molecule has 0 N–H and O–H groups in total. The Kier molecular flexibility index (Phi) is 13.2. The molecule has 0 spiro atoms. The molecule has 0 bridgehead atoms. The fourth-order valence-corrected chi connectivity index (χ4v) is 11.5. The Hall–Kier alpha value is -5.08. The molecule has 9 rings (SSSR count). The van der Waals surface area contributed by atoms with Crippen molar-refractivity contribution in [2.75, 3.05) is 9.80 Å². The maximum absolute atomic E-state index is 2.69. The van der Waals surface area contributed by atoms with Crippen molar-refractivity contribution in [3.63, 3.8) is 0 Å². The number of anilines is 4. The van der Waals surface area contributed by atoms with Gasteiger partial charge in [0.1, 0.15) is 0 Å². The van der Waals surface area contributed by atoms with Crippen molar-refractivity contribution >= 4 is 34.1 Å². The van der Waals surface area contributed by atoms with Gasteiger partial charge in [-0.25, -0.2) is 0 Å². The lowest BCUT2D eigenvalue weighted by Crippen LogP contribution is -2.46. The van der Waals surface area contributed by atoms with Gasteiger partial charge in [0, 0.05) is 44.8 Å². The summed E-state index contributed by atoms with van der Waals surface area (Å²) in [4.78, 5) is 5.32. The number of hydrogen-bond acceptors (Lipinski definition) is 2. The van der Waals surface area contributed by atoms with Gasteiger partial charge in [-0.2, -0.15) is 0 Å². The molecular weight excluding hydrogens is 797 g/mol. The zero-order valence-electron chi connectivity index (χ0n) is 42.2. The van der Waals surface area contributed by atoms with E-state index in [2.05, 4.69) is 206 Å². The Morgan fingerprint density at radius 1 is 0.470 bits per heavy atom. The van der Waals surface area contributed by atoms with Gasteiger partial charge in [-0.3, -0.25) is 0 Å². The SMILES string of the molecule is CC(C)c1ccc(N(C2=c3ccc(C4CCCCC4)cc3=C(N(c3ccc(C(C)C)cc3)c3ccc(C(C)(C)C)cc3)C3CC=C(C4CCCCC4)C=C23)c2ccc(C(C)(C)C)cc2)cc1. The highest BCUT2D eigenvalue weighted by molar-refractivity contribution is 5.94. The van der Waals surface area contributed by atoms with Gasteiger partial charge in [-0.05, 0) is 160 Å². The minimum atomic E-state index is 0.0604. The van der Waals surface area contributed by atoms with Gasteiger partial charge in [0.2, 0.25) is 0 Å². The molecule has 344 valence electrons. The van der Waals surface area contributed by atoms with E-state index in [0.717, 1.165) is 6.42 Å². The van der Waals surface area contributed by atoms with Crippen molar-refractivity contribution < 1.29 is 0 Å². The van der Waals surface area contributed by atoms with E-state index in [-0.39, 0.29) is 16.7 Å². The number of nitrogens with zero attached hydrogens (tertiary/aromatic N) is 2. The van der Waals surface area contributed by atoms with Crippen LogP contribution in [0.15, 0.2) is 139 Å². The van der Waals surface area contributed by atoms with Crippen LogP contribution in [0.3, 0.4) is 0 Å². The summed E-state index contributed by atoms with van der Waals surface area (Å²) in [6.07, 6.45) is 19.5. The summed E-state index contributed by atoms with van der Waals surface area (Å²) in [5, 5.41) is 2.72. The van der Waals surface area contributed by atoms with Crippen LogP contribution in [0.4, 0.5) is 22.7 Å². The predicted molar refractivity (Wildman–Crippen MR) is 285 cm³/mol. The molecule has 66 heavy (non-hydrogen) atoms. The maximum Gasteiger partial charge on any atom is 0.0579 e. The normalized spacial score (nSPS) is 18.5. The molecule has 0 aromatic heterocycles. The van der Waals surface area contributed by atoms with Gasteiger partial charge in [-0.1, -0.05) is 181 Å². The van der Waals surface area contributed by atoms with E-state index in [0.29, 0.717) is 23.7 Å². The number of rotatable bonds is 10. The first kappa shape index (κ1) is 46.0. The van der Waals surface area contributed by atoms with Gasteiger partial charge in [-0.15, -0.1) is 0 Å². The van der Waals surface area contributed by atoms with Crippen molar-refractivity contribution in [2.45, 2.75) is 168 Å². The Labute approximate surface area is 399 Å². The summed E-state index contributed by atoms with van der Waals surface area (Å²) < 4.78 is 0. The Morgan fingerprint density at radius 3 is 1.36 bits per heavy atom. The van der Waals surface area contributed by atoms with E-state index in [1.165, 1.54) is 142 Å². The summed E-state index contributed by atoms with van der Waals surface area (Å²) in [5.74, 6) is 2.26. The number of allylic oxidation sites excluding steroid dienone is 3. The van der Waals surface area contributed by atoms with Crippen molar-refractivity contribution in [1.82, 2.24) is 0 Å². The zero-order valence-corrected chi connectivity index (χ0v) is 42.2. The predicted octanol–water partition coefficient (Wildman–Crippen LogP) is 16.9. The van der Waals surface area contributed by atoms with Crippen LogP contribution in [0.25, 0.3) is 11.4 Å². The number of benzene rings is 5. The van der Waals surface area contributed by atoms with Crippen LogP contribution < -0.4 is 20.2 Å².